The molecular formula is C11H16O2S. The maximum atomic E-state index is 5.28. The van der Waals surface area contributed by atoms with Crippen LogP contribution < -0.4 is 9.47 Å². The van der Waals surface area contributed by atoms with Crippen molar-refractivity contribution in [3.63, 3.8) is 0 Å². The molecule has 0 heterocycles. The third kappa shape index (κ3) is 2.84. The van der Waals surface area contributed by atoms with Crippen molar-refractivity contribution >= 4 is 12.6 Å². The zero-order chi connectivity index (χ0) is 10.4. The van der Waals surface area contributed by atoms with Crippen LogP contribution in [0.15, 0.2) is 18.2 Å². The quantitative estimate of drug-likeness (QED) is 0.756. The van der Waals surface area contributed by atoms with Crippen LogP contribution in [0.25, 0.3) is 0 Å². The smallest absolute Gasteiger partial charge is 0.125 e. The third-order valence-electron chi connectivity index (χ3n) is 2.10. The molecule has 0 atom stereocenters. The van der Waals surface area contributed by atoms with Crippen LogP contribution >= 0.6 is 12.6 Å². The molecule has 1 aromatic rings. The van der Waals surface area contributed by atoms with Crippen LogP contribution in [0, 0.1) is 0 Å². The standard InChI is InChI=1S/C11H16O2S/c1-12-10-6-5-9(4-3-7-14)11(8-10)13-2/h5-6,8,14H,3-4,7H2,1-2H3. The minimum atomic E-state index is 0.830. The topological polar surface area (TPSA) is 18.5 Å². The fourth-order valence-corrected chi connectivity index (χ4v) is 1.49. The van der Waals surface area contributed by atoms with Gasteiger partial charge >= 0.3 is 0 Å². The molecule has 0 spiro atoms. The molecule has 0 saturated carbocycles. The summed E-state index contributed by atoms with van der Waals surface area (Å²) in [7, 11) is 3.33. The van der Waals surface area contributed by atoms with Gasteiger partial charge < -0.3 is 9.47 Å². The molecule has 0 fully saturated rings. The van der Waals surface area contributed by atoms with Crippen molar-refractivity contribution in [2.24, 2.45) is 0 Å². The first-order chi connectivity index (χ1) is 6.81. The Bertz CT molecular complexity index is 287. The first-order valence-electron chi connectivity index (χ1n) is 4.63. The Kier molecular flexibility index (Phi) is 4.66. The average molecular weight is 212 g/mol. The van der Waals surface area contributed by atoms with E-state index in [-0.39, 0.29) is 0 Å². The first-order valence-corrected chi connectivity index (χ1v) is 5.27. The minimum Gasteiger partial charge on any atom is -0.497 e. The van der Waals surface area contributed by atoms with Crippen molar-refractivity contribution in [3.05, 3.63) is 23.8 Å². The van der Waals surface area contributed by atoms with Crippen LogP contribution in [0.2, 0.25) is 0 Å². The molecule has 0 unspecified atom stereocenters. The highest BCUT2D eigenvalue weighted by molar-refractivity contribution is 7.80. The summed E-state index contributed by atoms with van der Waals surface area (Å²) in [6.07, 6.45) is 2.06. The maximum absolute atomic E-state index is 5.28. The van der Waals surface area contributed by atoms with Crippen molar-refractivity contribution < 1.29 is 9.47 Å². The van der Waals surface area contributed by atoms with Gasteiger partial charge in [0.2, 0.25) is 0 Å². The predicted molar refractivity (Wildman–Crippen MR) is 61.7 cm³/mol. The van der Waals surface area contributed by atoms with Gasteiger partial charge in [-0.15, -0.1) is 0 Å². The molecule has 1 rings (SSSR count). The summed E-state index contributed by atoms with van der Waals surface area (Å²) in [4.78, 5) is 0. The van der Waals surface area contributed by atoms with E-state index < -0.39 is 0 Å². The molecule has 2 nitrogen and oxygen atoms in total. The lowest BCUT2D eigenvalue weighted by Gasteiger charge is -2.09. The zero-order valence-corrected chi connectivity index (χ0v) is 9.51. The van der Waals surface area contributed by atoms with E-state index in [1.54, 1.807) is 14.2 Å². The molecule has 0 saturated heterocycles. The zero-order valence-electron chi connectivity index (χ0n) is 8.62. The Morgan fingerprint density at radius 3 is 2.57 bits per heavy atom. The van der Waals surface area contributed by atoms with Crippen molar-refractivity contribution in [1.82, 2.24) is 0 Å². The Morgan fingerprint density at radius 2 is 2.00 bits per heavy atom. The number of benzene rings is 1. The molecule has 1 aromatic carbocycles. The van der Waals surface area contributed by atoms with E-state index >= 15 is 0 Å². The molecular weight excluding hydrogens is 196 g/mol. The van der Waals surface area contributed by atoms with Crippen LogP contribution in [-0.4, -0.2) is 20.0 Å². The van der Waals surface area contributed by atoms with E-state index in [9.17, 15) is 0 Å². The van der Waals surface area contributed by atoms with Gasteiger partial charge in [-0.2, -0.15) is 12.6 Å². The van der Waals surface area contributed by atoms with Gasteiger partial charge in [0, 0.05) is 6.07 Å². The lowest BCUT2D eigenvalue weighted by molar-refractivity contribution is 0.391. The highest BCUT2D eigenvalue weighted by Gasteiger charge is 2.03. The van der Waals surface area contributed by atoms with Gasteiger partial charge in [-0.1, -0.05) is 6.07 Å². The Balaban J connectivity index is 2.82. The second kappa shape index (κ2) is 5.81. The summed E-state index contributed by atoms with van der Waals surface area (Å²) in [5.74, 6) is 2.62. The van der Waals surface area contributed by atoms with Gasteiger partial charge in [-0.3, -0.25) is 0 Å². The largest absolute Gasteiger partial charge is 0.497 e. The summed E-state index contributed by atoms with van der Waals surface area (Å²) in [6.45, 7) is 0. The first kappa shape index (κ1) is 11.2. The van der Waals surface area contributed by atoms with Gasteiger partial charge in [0.05, 0.1) is 14.2 Å². The van der Waals surface area contributed by atoms with Crippen LogP contribution in [0.4, 0.5) is 0 Å². The van der Waals surface area contributed by atoms with Crippen LogP contribution in [0.5, 0.6) is 11.5 Å². The number of ether oxygens (including phenoxy) is 2. The van der Waals surface area contributed by atoms with Gasteiger partial charge in [0.25, 0.3) is 0 Å². The number of methoxy groups -OCH3 is 2. The summed E-state index contributed by atoms with van der Waals surface area (Å²) in [6, 6.07) is 5.91. The normalized spacial score (nSPS) is 9.93. The molecule has 0 aliphatic heterocycles. The lowest BCUT2D eigenvalue weighted by Crippen LogP contribution is -1.94. The second-order valence-electron chi connectivity index (χ2n) is 3.00. The minimum absolute atomic E-state index is 0.830. The molecule has 0 radical (unpaired) electrons. The number of thiol groups is 1. The SMILES string of the molecule is COc1ccc(CCCS)c(OC)c1. The third-order valence-corrected chi connectivity index (χ3v) is 2.41. The van der Waals surface area contributed by atoms with E-state index in [2.05, 4.69) is 12.6 Å². The van der Waals surface area contributed by atoms with Gasteiger partial charge in [0.1, 0.15) is 11.5 Å². The van der Waals surface area contributed by atoms with E-state index in [0.29, 0.717) is 0 Å². The summed E-state index contributed by atoms with van der Waals surface area (Å²) < 4.78 is 10.4. The monoisotopic (exact) mass is 212 g/mol. The van der Waals surface area contributed by atoms with Gasteiger partial charge in [0.15, 0.2) is 0 Å². The maximum Gasteiger partial charge on any atom is 0.125 e. The Labute approximate surface area is 90.6 Å². The van der Waals surface area contributed by atoms with E-state index in [1.807, 2.05) is 18.2 Å². The molecule has 0 aromatic heterocycles. The number of aryl methyl sites for hydroxylation is 1. The van der Waals surface area contributed by atoms with Crippen LogP contribution in [0.3, 0.4) is 0 Å². The summed E-state index contributed by atoms with van der Waals surface area (Å²) in [5, 5.41) is 0. The van der Waals surface area contributed by atoms with Crippen molar-refractivity contribution in [2.75, 3.05) is 20.0 Å². The van der Waals surface area contributed by atoms with E-state index in [0.717, 1.165) is 30.1 Å². The number of hydrogen-bond acceptors (Lipinski definition) is 3. The van der Waals surface area contributed by atoms with Crippen LogP contribution in [-0.2, 0) is 6.42 Å². The molecule has 0 aliphatic carbocycles. The van der Waals surface area contributed by atoms with Crippen molar-refractivity contribution in [1.29, 1.82) is 0 Å². The highest BCUT2D eigenvalue weighted by atomic mass is 32.1. The Morgan fingerprint density at radius 1 is 1.21 bits per heavy atom. The average Bonchev–Trinajstić information content (AvgIpc) is 2.26. The highest BCUT2D eigenvalue weighted by Crippen LogP contribution is 2.25. The molecule has 0 N–H and O–H groups in total. The molecule has 0 aliphatic rings. The van der Waals surface area contributed by atoms with E-state index in [4.69, 9.17) is 9.47 Å². The second-order valence-corrected chi connectivity index (χ2v) is 3.45. The fraction of sp³-hybridized carbons (Fsp3) is 0.455. The van der Waals surface area contributed by atoms with E-state index in [1.165, 1.54) is 5.56 Å². The fourth-order valence-electron chi connectivity index (χ4n) is 1.33. The molecule has 78 valence electrons. The lowest BCUT2D eigenvalue weighted by atomic mass is 10.1. The number of rotatable bonds is 5. The van der Waals surface area contributed by atoms with Crippen molar-refractivity contribution in [2.45, 2.75) is 12.8 Å². The Hall–Kier alpha value is -0.830. The van der Waals surface area contributed by atoms with Gasteiger partial charge in [-0.25, -0.2) is 0 Å². The molecule has 3 heteroatoms. The molecule has 0 amide bonds. The number of hydrogen-bond donors (Lipinski definition) is 1. The van der Waals surface area contributed by atoms with Gasteiger partial charge in [-0.05, 0) is 30.2 Å². The summed E-state index contributed by atoms with van der Waals surface area (Å²) in [5.41, 5.74) is 1.21. The van der Waals surface area contributed by atoms with Crippen LogP contribution in [0.1, 0.15) is 12.0 Å². The molecule has 0 bridgehead atoms. The summed E-state index contributed by atoms with van der Waals surface area (Å²) >= 11 is 4.19. The van der Waals surface area contributed by atoms with Crippen molar-refractivity contribution in [3.8, 4) is 11.5 Å². The molecule has 14 heavy (non-hydrogen) atoms. The predicted octanol–water partition coefficient (Wildman–Crippen LogP) is 2.57.